The highest BCUT2D eigenvalue weighted by Crippen LogP contribution is 2.17. The number of nitrogens with two attached hydrogens (primary N) is 1. The molecule has 7 heteroatoms. The van der Waals surface area contributed by atoms with Crippen LogP contribution in [0.25, 0.3) is 0 Å². The number of furan rings is 1. The lowest BCUT2D eigenvalue weighted by molar-refractivity contribution is -0.131. The number of carbonyl (C=O) groups is 2. The molecule has 1 aromatic carbocycles. The summed E-state index contributed by atoms with van der Waals surface area (Å²) in [5, 5.41) is 0.598. The Labute approximate surface area is 151 Å². The molecule has 0 unspecified atom stereocenters. The van der Waals surface area contributed by atoms with Gasteiger partial charge in [-0.3, -0.25) is 9.59 Å². The largest absolute Gasteiger partial charge is 0.467 e. The average Bonchev–Trinajstić information content (AvgIpc) is 3.12. The second-order valence-corrected chi connectivity index (χ2v) is 6.35. The summed E-state index contributed by atoms with van der Waals surface area (Å²) in [5.41, 5.74) is 6.81. The standard InChI is InChI=1S/C18H20ClN3O3/c19-16-4-2-1-3-13(16)10-17(23)21-5-7-22(8-6-21)18(24)14-9-15(11-20)25-12-14/h1-4,9,12H,5-8,10-11,20H2. The molecule has 0 atom stereocenters. The van der Waals surface area contributed by atoms with Gasteiger partial charge in [0.15, 0.2) is 0 Å². The minimum Gasteiger partial charge on any atom is -0.467 e. The molecule has 2 heterocycles. The summed E-state index contributed by atoms with van der Waals surface area (Å²) in [4.78, 5) is 28.4. The number of hydrogen-bond donors (Lipinski definition) is 1. The molecular formula is C18H20ClN3O3. The second-order valence-electron chi connectivity index (χ2n) is 5.95. The number of hydrogen-bond acceptors (Lipinski definition) is 4. The van der Waals surface area contributed by atoms with Crippen LogP contribution in [0.2, 0.25) is 5.02 Å². The molecule has 1 aliphatic rings. The van der Waals surface area contributed by atoms with Crippen LogP contribution < -0.4 is 5.73 Å². The van der Waals surface area contributed by atoms with E-state index < -0.39 is 0 Å². The lowest BCUT2D eigenvalue weighted by Crippen LogP contribution is -2.50. The van der Waals surface area contributed by atoms with Gasteiger partial charge in [0.25, 0.3) is 5.91 Å². The molecule has 0 radical (unpaired) electrons. The first-order chi connectivity index (χ1) is 12.1. The van der Waals surface area contributed by atoms with E-state index in [2.05, 4.69) is 0 Å². The fraction of sp³-hybridized carbons (Fsp3) is 0.333. The van der Waals surface area contributed by atoms with Gasteiger partial charge in [-0.15, -0.1) is 0 Å². The molecule has 2 aromatic rings. The fourth-order valence-corrected chi connectivity index (χ4v) is 3.06. The quantitative estimate of drug-likeness (QED) is 0.902. The van der Waals surface area contributed by atoms with Crippen molar-refractivity contribution in [2.24, 2.45) is 5.73 Å². The molecule has 0 saturated carbocycles. The number of carbonyl (C=O) groups excluding carboxylic acids is 2. The van der Waals surface area contributed by atoms with Gasteiger partial charge in [-0.25, -0.2) is 0 Å². The first-order valence-electron chi connectivity index (χ1n) is 8.16. The van der Waals surface area contributed by atoms with Gasteiger partial charge in [0, 0.05) is 31.2 Å². The zero-order valence-corrected chi connectivity index (χ0v) is 14.5. The van der Waals surface area contributed by atoms with Crippen molar-refractivity contribution in [3.63, 3.8) is 0 Å². The lowest BCUT2D eigenvalue weighted by atomic mass is 10.1. The van der Waals surface area contributed by atoms with Crippen LogP contribution in [0, 0.1) is 0 Å². The predicted octanol–water partition coefficient (Wildman–Crippen LogP) is 1.92. The third kappa shape index (κ3) is 4.03. The topological polar surface area (TPSA) is 79.8 Å². The van der Waals surface area contributed by atoms with Crippen LogP contribution in [0.5, 0.6) is 0 Å². The molecule has 1 aliphatic heterocycles. The molecule has 1 fully saturated rings. The Bertz CT molecular complexity index is 766. The maximum absolute atomic E-state index is 12.4. The van der Waals surface area contributed by atoms with E-state index in [1.807, 2.05) is 18.2 Å². The van der Waals surface area contributed by atoms with Crippen molar-refractivity contribution in [3.05, 3.63) is 58.5 Å². The maximum atomic E-state index is 12.4. The van der Waals surface area contributed by atoms with E-state index >= 15 is 0 Å². The van der Waals surface area contributed by atoms with Crippen LogP contribution in [-0.2, 0) is 17.8 Å². The van der Waals surface area contributed by atoms with E-state index in [1.165, 1.54) is 6.26 Å². The Morgan fingerprint density at radius 2 is 1.80 bits per heavy atom. The molecule has 25 heavy (non-hydrogen) atoms. The summed E-state index contributed by atoms with van der Waals surface area (Å²) in [6.07, 6.45) is 1.70. The second kappa shape index (κ2) is 7.72. The first-order valence-corrected chi connectivity index (χ1v) is 8.54. The Morgan fingerprint density at radius 3 is 2.44 bits per heavy atom. The monoisotopic (exact) mass is 361 g/mol. The molecule has 2 N–H and O–H groups in total. The van der Waals surface area contributed by atoms with Gasteiger partial charge >= 0.3 is 0 Å². The molecule has 0 bridgehead atoms. The van der Waals surface area contributed by atoms with Gasteiger partial charge in [-0.1, -0.05) is 29.8 Å². The number of benzene rings is 1. The maximum Gasteiger partial charge on any atom is 0.257 e. The van der Waals surface area contributed by atoms with Gasteiger partial charge in [-0.2, -0.15) is 0 Å². The Kier molecular flexibility index (Phi) is 5.40. The molecule has 132 valence electrons. The number of rotatable bonds is 4. The molecular weight excluding hydrogens is 342 g/mol. The van der Waals surface area contributed by atoms with E-state index in [9.17, 15) is 9.59 Å². The van der Waals surface area contributed by atoms with Crippen molar-refractivity contribution in [2.45, 2.75) is 13.0 Å². The SMILES string of the molecule is NCc1cc(C(=O)N2CCN(C(=O)Cc3ccccc3Cl)CC2)co1. The fourth-order valence-electron chi connectivity index (χ4n) is 2.86. The van der Waals surface area contributed by atoms with Crippen LogP contribution in [0.1, 0.15) is 21.7 Å². The molecule has 2 amide bonds. The molecule has 6 nitrogen and oxygen atoms in total. The highest BCUT2D eigenvalue weighted by Gasteiger charge is 2.26. The Hall–Kier alpha value is -2.31. The van der Waals surface area contributed by atoms with E-state index in [0.29, 0.717) is 42.5 Å². The summed E-state index contributed by atoms with van der Waals surface area (Å²) in [5.74, 6) is 0.507. The summed E-state index contributed by atoms with van der Waals surface area (Å²) in [6, 6.07) is 9.00. The smallest absolute Gasteiger partial charge is 0.257 e. The molecule has 1 aromatic heterocycles. The van der Waals surface area contributed by atoms with Gasteiger partial charge in [0.05, 0.1) is 18.5 Å². The van der Waals surface area contributed by atoms with E-state index in [0.717, 1.165) is 5.56 Å². The van der Waals surface area contributed by atoms with E-state index in [-0.39, 0.29) is 24.8 Å². The molecule has 3 rings (SSSR count). The third-order valence-electron chi connectivity index (χ3n) is 4.32. The number of amides is 2. The number of piperazine rings is 1. The Morgan fingerprint density at radius 1 is 1.12 bits per heavy atom. The van der Waals surface area contributed by atoms with Crippen molar-refractivity contribution in [1.29, 1.82) is 0 Å². The van der Waals surface area contributed by atoms with Crippen molar-refractivity contribution in [3.8, 4) is 0 Å². The summed E-state index contributed by atoms with van der Waals surface area (Å²) in [7, 11) is 0. The van der Waals surface area contributed by atoms with Crippen molar-refractivity contribution in [2.75, 3.05) is 26.2 Å². The van der Waals surface area contributed by atoms with Gasteiger partial charge < -0.3 is 20.0 Å². The van der Waals surface area contributed by atoms with Crippen molar-refractivity contribution < 1.29 is 14.0 Å². The van der Waals surface area contributed by atoms with Crippen LogP contribution in [0.3, 0.4) is 0 Å². The highest BCUT2D eigenvalue weighted by atomic mass is 35.5. The average molecular weight is 362 g/mol. The highest BCUT2D eigenvalue weighted by molar-refractivity contribution is 6.31. The van der Waals surface area contributed by atoms with Gasteiger partial charge in [0.2, 0.25) is 5.91 Å². The molecule has 1 saturated heterocycles. The van der Waals surface area contributed by atoms with Crippen LogP contribution in [0.15, 0.2) is 41.0 Å². The Balaban J connectivity index is 1.55. The summed E-state index contributed by atoms with van der Waals surface area (Å²) < 4.78 is 5.21. The normalized spacial score (nSPS) is 14.6. The first kappa shape index (κ1) is 17.5. The predicted molar refractivity (Wildman–Crippen MR) is 94.2 cm³/mol. The van der Waals surface area contributed by atoms with E-state index in [1.54, 1.807) is 21.9 Å². The third-order valence-corrected chi connectivity index (χ3v) is 4.69. The van der Waals surface area contributed by atoms with Crippen LogP contribution in [-0.4, -0.2) is 47.8 Å². The minimum absolute atomic E-state index is 0.0222. The zero-order chi connectivity index (χ0) is 17.8. The van der Waals surface area contributed by atoms with Gasteiger partial charge in [0.1, 0.15) is 12.0 Å². The summed E-state index contributed by atoms with van der Waals surface area (Å²) in [6.45, 7) is 2.28. The number of halogens is 1. The minimum atomic E-state index is -0.0957. The van der Waals surface area contributed by atoms with Crippen molar-refractivity contribution in [1.82, 2.24) is 9.80 Å². The zero-order valence-electron chi connectivity index (χ0n) is 13.8. The number of nitrogens with zero attached hydrogens (tertiary/aromatic N) is 2. The lowest BCUT2D eigenvalue weighted by Gasteiger charge is -2.34. The van der Waals surface area contributed by atoms with Gasteiger partial charge in [-0.05, 0) is 17.7 Å². The molecule has 0 aliphatic carbocycles. The van der Waals surface area contributed by atoms with Crippen LogP contribution in [0.4, 0.5) is 0 Å². The summed E-state index contributed by atoms with van der Waals surface area (Å²) >= 11 is 6.11. The van der Waals surface area contributed by atoms with E-state index in [4.69, 9.17) is 21.8 Å². The molecule has 0 spiro atoms. The van der Waals surface area contributed by atoms with Crippen molar-refractivity contribution >= 4 is 23.4 Å². The van der Waals surface area contributed by atoms with Crippen LogP contribution >= 0.6 is 11.6 Å².